The van der Waals surface area contributed by atoms with Gasteiger partial charge in [0.05, 0.1) is 5.69 Å². The maximum absolute atomic E-state index is 11.7. The summed E-state index contributed by atoms with van der Waals surface area (Å²) in [4.78, 5) is 25.5. The maximum atomic E-state index is 11.7. The van der Waals surface area contributed by atoms with Crippen LogP contribution < -0.4 is 21.3 Å². The van der Waals surface area contributed by atoms with Gasteiger partial charge in [-0.3, -0.25) is 9.78 Å². The number of anilines is 4. The second-order valence-corrected chi connectivity index (χ2v) is 8.10. The van der Waals surface area contributed by atoms with Crippen molar-refractivity contribution in [3.05, 3.63) is 79.6 Å². The number of nitrogens with zero attached hydrogens (tertiary/aromatic N) is 3. The second-order valence-electron chi connectivity index (χ2n) is 8.10. The van der Waals surface area contributed by atoms with Crippen LogP contribution in [0.15, 0.2) is 79.6 Å². The largest absolute Gasteiger partial charge is 0.381 e. The summed E-state index contributed by atoms with van der Waals surface area (Å²) in [6.45, 7) is 5.54. The van der Waals surface area contributed by atoms with E-state index in [9.17, 15) is 4.79 Å². The van der Waals surface area contributed by atoms with Crippen molar-refractivity contribution in [1.29, 1.82) is 0 Å². The molecule has 0 unspecified atom stereocenters. The molecule has 1 fully saturated rings. The molecule has 0 radical (unpaired) electrons. The zero-order chi connectivity index (χ0) is 23.3. The van der Waals surface area contributed by atoms with E-state index >= 15 is 0 Å². The average Bonchev–Trinajstić information content (AvgIpc) is 3.38. The van der Waals surface area contributed by atoms with Gasteiger partial charge < -0.3 is 21.3 Å². The summed E-state index contributed by atoms with van der Waals surface area (Å²) in [5.41, 5.74) is 4.92. The summed E-state index contributed by atoms with van der Waals surface area (Å²) in [6.07, 6.45) is 5.88. The topological polar surface area (TPSA) is 104 Å². The van der Waals surface area contributed by atoms with E-state index in [1.165, 1.54) is 6.08 Å². The number of rotatable bonds is 7. The van der Waals surface area contributed by atoms with Crippen molar-refractivity contribution >= 4 is 39.8 Å². The summed E-state index contributed by atoms with van der Waals surface area (Å²) >= 11 is 0. The van der Waals surface area contributed by atoms with Gasteiger partial charge in [0, 0.05) is 53.0 Å². The molecule has 1 aliphatic rings. The van der Waals surface area contributed by atoms with Crippen LogP contribution in [0.5, 0.6) is 0 Å². The highest BCUT2D eigenvalue weighted by molar-refractivity contribution is 5.99. The third kappa shape index (κ3) is 4.87. The van der Waals surface area contributed by atoms with Crippen molar-refractivity contribution in [1.82, 2.24) is 20.3 Å². The Kier molecular flexibility index (Phi) is 6.13. The van der Waals surface area contributed by atoms with Gasteiger partial charge >= 0.3 is 0 Å². The lowest BCUT2D eigenvalue weighted by atomic mass is 10.1. The summed E-state index contributed by atoms with van der Waals surface area (Å²) in [7, 11) is 0. The number of hydrogen-bond acceptors (Lipinski definition) is 7. The van der Waals surface area contributed by atoms with Crippen molar-refractivity contribution in [2.45, 2.75) is 12.5 Å². The van der Waals surface area contributed by atoms with Crippen molar-refractivity contribution < 1.29 is 4.79 Å². The lowest BCUT2D eigenvalue weighted by Crippen LogP contribution is -2.21. The number of benzene rings is 2. The van der Waals surface area contributed by atoms with E-state index in [1.807, 2.05) is 42.5 Å². The monoisotopic (exact) mass is 451 g/mol. The molecule has 5 rings (SSSR count). The third-order valence-corrected chi connectivity index (χ3v) is 5.66. The molecule has 0 bridgehead atoms. The van der Waals surface area contributed by atoms with E-state index in [4.69, 9.17) is 4.98 Å². The highest BCUT2D eigenvalue weighted by atomic mass is 16.1. The van der Waals surface area contributed by atoms with Crippen LogP contribution in [-0.4, -0.2) is 40.0 Å². The predicted octanol–water partition coefficient (Wildman–Crippen LogP) is 4.33. The van der Waals surface area contributed by atoms with Crippen molar-refractivity contribution in [3.63, 3.8) is 0 Å². The summed E-state index contributed by atoms with van der Waals surface area (Å²) in [6, 6.07) is 18.0. The number of fused-ring (bicyclic) bond motifs is 1. The molecular formula is C26H25N7O. The molecule has 1 aliphatic heterocycles. The number of carbonyl (C=O) groups is 1. The van der Waals surface area contributed by atoms with Gasteiger partial charge in [0.25, 0.3) is 0 Å². The van der Waals surface area contributed by atoms with Gasteiger partial charge in [-0.2, -0.15) is 0 Å². The Labute approximate surface area is 197 Å². The van der Waals surface area contributed by atoms with E-state index in [1.54, 1.807) is 12.4 Å². The highest BCUT2D eigenvalue weighted by Gasteiger charge is 2.14. The zero-order valence-electron chi connectivity index (χ0n) is 18.6. The average molecular weight is 452 g/mol. The molecule has 1 amide bonds. The first-order valence-corrected chi connectivity index (χ1v) is 11.2. The van der Waals surface area contributed by atoms with Gasteiger partial charge in [0.1, 0.15) is 5.52 Å². The molecule has 0 aliphatic carbocycles. The fourth-order valence-electron chi connectivity index (χ4n) is 3.96. The summed E-state index contributed by atoms with van der Waals surface area (Å²) in [5.74, 6) is 0.219. The minimum atomic E-state index is -0.266. The SMILES string of the molecule is C=CC(=O)Nc1cccc(-c2nccc3cnc(Nc4ccc(N[C@@H]5CCNC5)cc4)nc23)c1. The quantitative estimate of drug-likeness (QED) is 0.310. The molecular weight excluding hydrogens is 426 g/mol. The van der Waals surface area contributed by atoms with Crippen LogP contribution in [0, 0.1) is 0 Å². The van der Waals surface area contributed by atoms with Gasteiger partial charge in [0.15, 0.2) is 0 Å². The number of aromatic nitrogens is 3. The number of nitrogens with one attached hydrogen (secondary N) is 4. The molecule has 8 nitrogen and oxygen atoms in total. The van der Waals surface area contributed by atoms with Gasteiger partial charge in [-0.25, -0.2) is 9.97 Å². The Morgan fingerprint density at radius 1 is 1.06 bits per heavy atom. The fourth-order valence-corrected chi connectivity index (χ4v) is 3.96. The molecule has 4 aromatic rings. The Morgan fingerprint density at radius 3 is 2.71 bits per heavy atom. The Bertz CT molecular complexity index is 1330. The normalized spacial score (nSPS) is 15.1. The standard InChI is InChI=1S/C26H25N7O/c1-2-23(34)31-21-5-3-4-17(14-21)24-25-18(10-13-28-24)15-29-26(33-25)32-20-8-6-19(7-9-20)30-22-11-12-27-16-22/h2-10,13-15,22,27,30H,1,11-12,16H2,(H,31,34)(H,29,32,33)/t22-/m1/s1. The Balaban J connectivity index is 1.39. The smallest absolute Gasteiger partial charge is 0.247 e. The van der Waals surface area contributed by atoms with Crippen LogP contribution in [-0.2, 0) is 4.79 Å². The first-order valence-electron chi connectivity index (χ1n) is 11.2. The number of carbonyl (C=O) groups excluding carboxylic acids is 1. The van der Waals surface area contributed by atoms with E-state index in [0.717, 1.165) is 47.4 Å². The van der Waals surface area contributed by atoms with Crippen LogP contribution in [0.1, 0.15) is 6.42 Å². The van der Waals surface area contributed by atoms with E-state index < -0.39 is 0 Å². The first kappa shape index (κ1) is 21.5. The lowest BCUT2D eigenvalue weighted by Gasteiger charge is -2.13. The molecule has 4 N–H and O–H groups in total. The van der Waals surface area contributed by atoms with E-state index in [2.05, 4.69) is 49.9 Å². The maximum Gasteiger partial charge on any atom is 0.247 e. The van der Waals surface area contributed by atoms with Gasteiger partial charge in [0.2, 0.25) is 11.9 Å². The minimum absolute atomic E-state index is 0.266. The Morgan fingerprint density at radius 2 is 1.91 bits per heavy atom. The molecule has 0 spiro atoms. The highest BCUT2D eigenvalue weighted by Crippen LogP contribution is 2.28. The van der Waals surface area contributed by atoms with E-state index in [0.29, 0.717) is 23.4 Å². The number of amides is 1. The van der Waals surface area contributed by atoms with E-state index in [-0.39, 0.29) is 5.91 Å². The zero-order valence-corrected chi connectivity index (χ0v) is 18.6. The van der Waals surface area contributed by atoms with Crippen molar-refractivity contribution in [3.8, 4) is 11.3 Å². The van der Waals surface area contributed by atoms with Crippen LogP contribution in [0.25, 0.3) is 22.2 Å². The molecule has 3 heterocycles. The molecule has 1 saturated heterocycles. The molecule has 1 atom stereocenters. The van der Waals surface area contributed by atoms with Crippen molar-refractivity contribution in [2.24, 2.45) is 0 Å². The van der Waals surface area contributed by atoms with Gasteiger partial charge in [-0.15, -0.1) is 0 Å². The van der Waals surface area contributed by atoms with Crippen molar-refractivity contribution in [2.75, 3.05) is 29.0 Å². The molecule has 170 valence electrons. The minimum Gasteiger partial charge on any atom is -0.381 e. The Hall–Kier alpha value is -4.30. The van der Waals surface area contributed by atoms with Crippen LogP contribution in [0.2, 0.25) is 0 Å². The first-order chi connectivity index (χ1) is 16.7. The second kappa shape index (κ2) is 9.68. The summed E-state index contributed by atoms with van der Waals surface area (Å²) in [5, 5.41) is 13.8. The molecule has 2 aromatic carbocycles. The predicted molar refractivity (Wildman–Crippen MR) is 136 cm³/mol. The number of hydrogen-bond donors (Lipinski definition) is 4. The number of pyridine rings is 1. The van der Waals surface area contributed by atoms with Crippen LogP contribution >= 0.6 is 0 Å². The molecule has 34 heavy (non-hydrogen) atoms. The summed E-state index contributed by atoms with van der Waals surface area (Å²) < 4.78 is 0. The van der Waals surface area contributed by atoms with Gasteiger partial charge in [-0.1, -0.05) is 18.7 Å². The van der Waals surface area contributed by atoms with Gasteiger partial charge in [-0.05, 0) is 61.5 Å². The molecule has 8 heteroatoms. The molecule has 2 aromatic heterocycles. The van der Waals surface area contributed by atoms with Crippen LogP contribution in [0.4, 0.5) is 23.0 Å². The third-order valence-electron chi connectivity index (χ3n) is 5.66. The fraction of sp³-hybridized carbons (Fsp3) is 0.154. The van der Waals surface area contributed by atoms with Crippen LogP contribution in [0.3, 0.4) is 0 Å². The molecule has 0 saturated carbocycles. The lowest BCUT2D eigenvalue weighted by molar-refractivity contribution is -0.111.